The summed E-state index contributed by atoms with van der Waals surface area (Å²) in [5, 5.41) is 2.72. The van der Waals surface area contributed by atoms with Crippen LogP contribution < -0.4 is 20.9 Å². The fourth-order valence-electron chi connectivity index (χ4n) is 2.79. The van der Waals surface area contributed by atoms with Crippen LogP contribution in [0.5, 0.6) is 5.75 Å². The second-order valence-electron chi connectivity index (χ2n) is 7.15. The highest BCUT2D eigenvalue weighted by Gasteiger charge is 2.25. The van der Waals surface area contributed by atoms with E-state index in [9.17, 15) is 14.4 Å². The van der Waals surface area contributed by atoms with Gasteiger partial charge >= 0.3 is 0 Å². The highest BCUT2D eigenvalue weighted by molar-refractivity contribution is 5.99. The molecule has 30 heavy (non-hydrogen) atoms. The van der Waals surface area contributed by atoms with Crippen molar-refractivity contribution in [2.24, 2.45) is 5.92 Å². The van der Waals surface area contributed by atoms with Crippen LogP contribution in [0.2, 0.25) is 0 Å². The van der Waals surface area contributed by atoms with Gasteiger partial charge in [-0.2, -0.15) is 0 Å². The highest BCUT2D eigenvalue weighted by Crippen LogP contribution is 2.13. The molecule has 0 bridgehead atoms. The minimum atomic E-state index is -0.813. The third kappa shape index (κ3) is 6.34. The Hall–Kier alpha value is -3.35. The first-order valence-corrected chi connectivity index (χ1v) is 10.1. The molecule has 2 rings (SSSR count). The molecule has 0 saturated heterocycles. The van der Waals surface area contributed by atoms with Crippen molar-refractivity contribution < 1.29 is 19.1 Å². The van der Waals surface area contributed by atoms with Gasteiger partial charge in [-0.3, -0.25) is 25.2 Å². The number of rotatable bonds is 8. The monoisotopic (exact) mass is 411 g/mol. The van der Waals surface area contributed by atoms with Crippen LogP contribution in [0.4, 0.5) is 0 Å². The van der Waals surface area contributed by atoms with Crippen LogP contribution in [-0.4, -0.2) is 30.4 Å². The number of amides is 3. The van der Waals surface area contributed by atoms with Gasteiger partial charge in [0.2, 0.25) is 0 Å². The van der Waals surface area contributed by atoms with Crippen molar-refractivity contribution in [3.63, 3.8) is 0 Å². The van der Waals surface area contributed by atoms with E-state index in [1.54, 1.807) is 36.4 Å². The lowest BCUT2D eigenvalue weighted by atomic mass is 10.0. The fraction of sp³-hybridized carbons (Fsp3) is 0.348. The molecule has 2 aromatic rings. The van der Waals surface area contributed by atoms with Crippen molar-refractivity contribution in [2.75, 3.05) is 6.61 Å². The van der Waals surface area contributed by atoms with Gasteiger partial charge in [0.1, 0.15) is 11.8 Å². The SMILES string of the molecule is CCOc1ccc(C(=O)N[C@H](C(=O)NNC(=O)c2ccc(CC)cc2)C(C)C)cc1. The molecule has 0 aliphatic carbocycles. The first-order chi connectivity index (χ1) is 14.3. The van der Waals surface area contributed by atoms with E-state index in [0.29, 0.717) is 23.5 Å². The minimum absolute atomic E-state index is 0.183. The van der Waals surface area contributed by atoms with Gasteiger partial charge in [0.25, 0.3) is 17.7 Å². The molecule has 2 aromatic carbocycles. The summed E-state index contributed by atoms with van der Waals surface area (Å²) in [7, 11) is 0. The Labute approximate surface area is 177 Å². The zero-order chi connectivity index (χ0) is 22.1. The number of nitrogens with one attached hydrogen (secondary N) is 3. The summed E-state index contributed by atoms with van der Waals surface area (Å²) in [5.74, 6) is -0.818. The predicted molar refractivity (Wildman–Crippen MR) is 115 cm³/mol. The second-order valence-corrected chi connectivity index (χ2v) is 7.15. The molecular formula is C23H29N3O4. The van der Waals surface area contributed by atoms with Gasteiger partial charge in [0.15, 0.2) is 0 Å². The van der Waals surface area contributed by atoms with Crippen LogP contribution in [0.3, 0.4) is 0 Å². The largest absolute Gasteiger partial charge is 0.494 e. The quantitative estimate of drug-likeness (QED) is 0.582. The average Bonchev–Trinajstić information content (AvgIpc) is 2.76. The molecule has 1 atom stereocenters. The number of aryl methyl sites for hydroxylation is 1. The first kappa shape index (κ1) is 22.9. The maximum Gasteiger partial charge on any atom is 0.269 e. The molecule has 0 saturated carbocycles. The standard InChI is InChI=1S/C23H29N3O4/c1-5-16-7-9-18(10-8-16)22(28)25-26-23(29)20(15(3)4)24-21(27)17-11-13-19(14-12-17)30-6-2/h7-15,20H,5-6H2,1-4H3,(H,24,27)(H,25,28)(H,26,29)/t20-/m0/s1. The molecule has 0 spiro atoms. The van der Waals surface area contributed by atoms with E-state index in [0.717, 1.165) is 12.0 Å². The lowest BCUT2D eigenvalue weighted by Gasteiger charge is -2.22. The fourth-order valence-corrected chi connectivity index (χ4v) is 2.79. The molecule has 0 heterocycles. The van der Waals surface area contributed by atoms with Crippen molar-refractivity contribution in [3.8, 4) is 5.75 Å². The molecule has 7 nitrogen and oxygen atoms in total. The van der Waals surface area contributed by atoms with E-state index in [4.69, 9.17) is 4.74 Å². The Bertz CT molecular complexity index is 861. The van der Waals surface area contributed by atoms with E-state index in [1.807, 2.05) is 39.8 Å². The molecule has 0 aromatic heterocycles. The van der Waals surface area contributed by atoms with E-state index in [2.05, 4.69) is 16.2 Å². The number of hydrazine groups is 1. The summed E-state index contributed by atoms with van der Waals surface area (Å²) in [6.45, 7) is 8.08. The number of carbonyl (C=O) groups is 3. The topological polar surface area (TPSA) is 96.5 Å². The highest BCUT2D eigenvalue weighted by atomic mass is 16.5. The van der Waals surface area contributed by atoms with E-state index >= 15 is 0 Å². The van der Waals surface area contributed by atoms with E-state index in [-0.39, 0.29) is 11.8 Å². The number of hydrogen-bond donors (Lipinski definition) is 3. The molecule has 7 heteroatoms. The number of ether oxygens (including phenoxy) is 1. The van der Waals surface area contributed by atoms with Crippen LogP contribution in [-0.2, 0) is 11.2 Å². The van der Waals surface area contributed by atoms with Crippen molar-refractivity contribution in [1.29, 1.82) is 0 Å². The number of benzene rings is 2. The summed E-state index contributed by atoms with van der Waals surface area (Å²) < 4.78 is 5.37. The first-order valence-electron chi connectivity index (χ1n) is 10.1. The second kappa shape index (κ2) is 11.0. The maximum absolute atomic E-state index is 12.6. The normalized spacial score (nSPS) is 11.5. The zero-order valence-electron chi connectivity index (χ0n) is 17.8. The summed E-state index contributed by atoms with van der Waals surface area (Å²) in [6.07, 6.45) is 0.878. The van der Waals surface area contributed by atoms with Crippen LogP contribution in [0.1, 0.15) is 54.0 Å². The molecule has 0 aliphatic rings. The lowest BCUT2D eigenvalue weighted by molar-refractivity contribution is -0.124. The Morgan fingerprint density at radius 1 is 0.833 bits per heavy atom. The molecule has 0 fully saturated rings. The Balaban J connectivity index is 1.96. The van der Waals surface area contributed by atoms with Crippen molar-refractivity contribution in [3.05, 3.63) is 65.2 Å². The van der Waals surface area contributed by atoms with Crippen LogP contribution >= 0.6 is 0 Å². The number of carbonyl (C=O) groups excluding carboxylic acids is 3. The summed E-state index contributed by atoms with van der Waals surface area (Å²) in [5.41, 5.74) is 6.77. The smallest absolute Gasteiger partial charge is 0.269 e. The predicted octanol–water partition coefficient (Wildman–Crippen LogP) is 2.86. The minimum Gasteiger partial charge on any atom is -0.494 e. The third-order valence-corrected chi connectivity index (χ3v) is 4.59. The van der Waals surface area contributed by atoms with Gasteiger partial charge in [-0.1, -0.05) is 32.9 Å². The Morgan fingerprint density at radius 3 is 1.93 bits per heavy atom. The molecule has 0 radical (unpaired) electrons. The van der Waals surface area contributed by atoms with Gasteiger partial charge < -0.3 is 10.1 Å². The third-order valence-electron chi connectivity index (χ3n) is 4.59. The molecule has 0 aliphatic heterocycles. The van der Waals surface area contributed by atoms with Gasteiger partial charge in [-0.25, -0.2) is 0 Å². The van der Waals surface area contributed by atoms with Gasteiger partial charge in [0.05, 0.1) is 6.61 Å². The number of hydrogen-bond acceptors (Lipinski definition) is 4. The average molecular weight is 412 g/mol. The van der Waals surface area contributed by atoms with E-state index < -0.39 is 17.9 Å². The van der Waals surface area contributed by atoms with Gasteiger partial charge in [-0.05, 0) is 61.2 Å². The summed E-state index contributed by atoms with van der Waals surface area (Å²) >= 11 is 0. The Kier molecular flexibility index (Phi) is 8.41. The lowest BCUT2D eigenvalue weighted by Crippen LogP contribution is -2.54. The summed E-state index contributed by atoms with van der Waals surface area (Å²) in [6, 6.07) is 13.0. The van der Waals surface area contributed by atoms with Crippen molar-refractivity contribution in [1.82, 2.24) is 16.2 Å². The summed E-state index contributed by atoms with van der Waals surface area (Å²) in [4.78, 5) is 37.3. The van der Waals surface area contributed by atoms with Crippen LogP contribution in [0.15, 0.2) is 48.5 Å². The van der Waals surface area contributed by atoms with Crippen molar-refractivity contribution >= 4 is 17.7 Å². The molecule has 0 unspecified atom stereocenters. The van der Waals surface area contributed by atoms with E-state index in [1.165, 1.54) is 0 Å². The van der Waals surface area contributed by atoms with Crippen LogP contribution in [0, 0.1) is 5.92 Å². The van der Waals surface area contributed by atoms with Gasteiger partial charge in [-0.15, -0.1) is 0 Å². The molecule has 160 valence electrons. The molecule has 3 N–H and O–H groups in total. The van der Waals surface area contributed by atoms with Crippen molar-refractivity contribution in [2.45, 2.75) is 40.2 Å². The van der Waals surface area contributed by atoms with Gasteiger partial charge in [0, 0.05) is 11.1 Å². The molecule has 3 amide bonds. The molecular weight excluding hydrogens is 382 g/mol. The van der Waals surface area contributed by atoms with Crippen LogP contribution in [0.25, 0.3) is 0 Å². The zero-order valence-corrected chi connectivity index (χ0v) is 17.8. The Morgan fingerprint density at radius 2 is 1.40 bits per heavy atom. The maximum atomic E-state index is 12.6.